The molecule has 0 amide bonds. The Morgan fingerprint density at radius 3 is 2.25 bits per heavy atom. The Morgan fingerprint density at radius 2 is 1.60 bits per heavy atom. The molecule has 2 aromatic rings. The van der Waals surface area contributed by atoms with Crippen LogP contribution in [0, 0.1) is 0 Å². The fourth-order valence-electron chi connectivity index (χ4n) is 1.95. The lowest BCUT2D eigenvalue weighted by Crippen LogP contribution is -2.20. The third-order valence-corrected chi connectivity index (χ3v) is 4.07. The minimum atomic E-state index is -0.852. The lowest BCUT2D eigenvalue weighted by molar-refractivity contribution is 0.0985. The summed E-state index contributed by atoms with van der Waals surface area (Å²) in [4.78, 5) is 12.3. The fourth-order valence-corrected chi connectivity index (χ4v) is 2.50. The van der Waals surface area contributed by atoms with Crippen molar-refractivity contribution in [3.63, 3.8) is 0 Å². The van der Waals surface area contributed by atoms with E-state index in [2.05, 4.69) is 0 Å². The first-order valence-corrected chi connectivity index (χ1v) is 7.02. The summed E-state index contributed by atoms with van der Waals surface area (Å²) in [6.07, 6.45) is 0. The zero-order chi connectivity index (χ0) is 14.5. The van der Waals surface area contributed by atoms with Crippen molar-refractivity contribution in [2.45, 2.75) is 10.8 Å². The van der Waals surface area contributed by atoms with Crippen molar-refractivity contribution in [3.05, 3.63) is 65.7 Å². The first kappa shape index (κ1) is 14.9. The van der Waals surface area contributed by atoms with Gasteiger partial charge >= 0.3 is 0 Å². The van der Waals surface area contributed by atoms with E-state index in [0.29, 0.717) is 16.9 Å². The summed E-state index contributed by atoms with van der Waals surface area (Å²) in [5.74, 6) is 0.428. The maximum absolute atomic E-state index is 12.3. The maximum atomic E-state index is 12.3. The van der Waals surface area contributed by atoms with Crippen molar-refractivity contribution < 1.29 is 9.53 Å². The largest absolute Gasteiger partial charge is 0.496 e. The number of carbonyl (C=O) groups is 1. The molecule has 0 aliphatic heterocycles. The van der Waals surface area contributed by atoms with Gasteiger partial charge in [-0.05, 0) is 6.07 Å². The van der Waals surface area contributed by atoms with Gasteiger partial charge in [0, 0.05) is 11.1 Å². The average molecular weight is 309 g/mol. The minimum Gasteiger partial charge on any atom is -0.496 e. The van der Waals surface area contributed by atoms with Gasteiger partial charge in [0.1, 0.15) is 11.1 Å². The number of carbonyl (C=O) groups excluding carboxylic acids is 1. The number of para-hydroxylation sites is 1. The molecule has 0 heterocycles. The predicted octanol–water partition coefficient (Wildman–Crippen LogP) is 4.47. The number of ether oxygens (including phenoxy) is 1. The van der Waals surface area contributed by atoms with E-state index < -0.39 is 10.8 Å². The van der Waals surface area contributed by atoms with Gasteiger partial charge in [0.25, 0.3) is 0 Å². The lowest BCUT2D eigenvalue weighted by Gasteiger charge is -2.18. The molecule has 2 rings (SSSR count). The van der Waals surface area contributed by atoms with Crippen LogP contribution in [0.4, 0.5) is 0 Å². The number of methoxy groups -OCH3 is 1. The van der Waals surface area contributed by atoms with Gasteiger partial charge in [-0.2, -0.15) is 0 Å². The van der Waals surface area contributed by atoms with Gasteiger partial charge in [-0.1, -0.05) is 48.5 Å². The summed E-state index contributed by atoms with van der Waals surface area (Å²) in [6.45, 7) is 0. The molecule has 0 saturated carbocycles. The van der Waals surface area contributed by atoms with Crippen molar-refractivity contribution >= 4 is 29.0 Å². The van der Waals surface area contributed by atoms with E-state index >= 15 is 0 Å². The van der Waals surface area contributed by atoms with Crippen molar-refractivity contribution in [1.29, 1.82) is 0 Å². The number of alkyl halides is 2. The molecular weight excluding hydrogens is 295 g/mol. The minimum absolute atomic E-state index is 0.196. The Morgan fingerprint density at radius 1 is 1.00 bits per heavy atom. The molecule has 2 atom stereocenters. The fraction of sp³-hybridized carbons (Fsp3) is 0.188. The third kappa shape index (κ3) is 3.14. The Hall–Kier alpha value is -1.51. The molecule has 0 aliphatic carbocycles. The number of benzene rings is 2. The van der Waals surface area contributed by atoms with E-state index in [0.717, 1.165) is 0 Å². The smallest absolute Gasteiger partial charge is 0.182 e. The summed E-state index contributed by atoms with van der Waals surface area (Å²) in [5, 5.41) is -1.50. The number of hydrogen-bond donors (Lipinski definition) is 0. The van der Waals surface area contributed by atoms with E-state index in [1.54, 1.807) is 37.4 Å². The van der Waals surface area contributed by atoms with Crippen molar-refractivity contribution in [2.75, 3.05) is 7.11 Å². The van der Waals surface area contributed by atoms with Crippen molar-refractivity contribution in [1.82, 2.24) is 0 Å². The van der Waals surface area contributed by atoms with E-state index in [4.69, 9.17) is 27.9 Å². The molecule has 0 aliphatic rings. The van der Waals surface area contributed by atoms with Crippen LogP contribution < -0.4 is 4.74 Å². The SMILES string of the molecule is COc1ccccc1C(Cl)C(Cl)C(=O)c1ccccc1. The van der Waals surface area contributed by atoms with E-state index in [-0.39, 0.29) is 5.78 Å². The molecule has 2 aromatic carbocycles. The van der Waals surface area contributed by atoms with E-state index in [1.165, 1.54) is 0 Å². The van der Waals surface area contributed by atoms with Crippen LogP contribution in [0.5, 0.6) is 5.75 Å². The van der Waals surface area contributed by atoms with Gasteiger partial charge in [0.2, 0.25) is 0 Å². The van der Waals surface area contributed by atoms with Crippen LogP contribution in [-0.2, 0) is 0 Å². The van der Waals surface area contributed by atoms with Gasteiger partial charge in [-0.15, -0.1) is 23.2 Å². The summed E-state index contributed by atoms with van der Waals surface area (Å²) >= 11 is 12.6. The van der Waals surface area contributed by atoms with Gasteiger partial charge in [0.15, 0.2) is 5.78 Å². The van der Waals surface area contributed by atoms with Crippen LogP contribution >= 0.6 is 23.2 Å². The second-order valence-electron chi connectivity index (χ2n) is 4.28. The standard InChI is InChI=1S/C16H14Cl2O2/c1-20-13-10-6-5-9-12(13)14(17)15(18)16(19)11-7-3-2-4-8-11/h2-10,14-15H,1H3. The zero-order valence-electron chi connectivity index (χ0n) is 10.9. The first-order valence-electron chi connectivity index (χ1n) is 6.15. The number of Topliss-reactive ketones (excluding diaryl/α,β-unsaturated/α-hetero) is 1. The second kappa shape index (κ2) is 6.78. The molecule has 2 unspecified atom stereocenters. The molecule has 0 radical (unpaired) electrons. The Kier molecular flexibility index (Phi) is 5.05. The molecular formula is C16H14Cl2O2. The van der Waals surface area contributed by atoms with Crippen molar-refractivity contribution in [3.8, 4) is 5.75 Å². The predicted molar refractivity (Wildman–Crippen MR) is 82.0 cm³/mol. The highest BCUT2D eigenvalue weighted by Gasteiger charge is 2.28. The Bertz CT molecular complexity index is 584. The van der Waals surface area contributed by atoms with Crippen LogP contribution in [0.15, 0.2) is 54.6 Å². The summed E-state index contributed by atoms with van der Waals surface area (Å²) in [5.41, 5.74) is 1.26. The maximum Gasteiger partial charge on any atom is 0.182 e. The molecule has 0 spiro atoms. The number of hydrogen-bond acceptors (Lipinski definition) is 2. The third-order valence-electron chi connectivity index (χ3n) is 3.00. The average Bonchev–Trinajstić information content (AvgIpc) is 2.53. The van der Waals surface area contributed by atoms with Crippen LogP contribution in [0.2, 0.25) is 0 Å². The van der Waals surface area contributed by atoms with Gasteiger partial charge < -0.3 is 4.74 Å². The highest BCUT2D eigenvalue weighted by Crippen LogP contribution is 2.35. The molecule has 20 heavy (non-hydrogen) atoms. The monoisotopic (exact) mass is 308 g/mol. The normalized spacial score (nSPS) is 13.6. The Labute approximate surface area is 128 Å². The highest BCUT2D eigenvalue weighted by atomic mass is 35.5. The molecule has 104 valence electrons. The number of rotatable bonds is 5. The van der Waals surface area contributed by atoms with Crippen molar-refractivity contribution in [2.24, 2.45) is 0 Å². The molecule has 0 bridgehead atoms. The van der Waals surface area contributed by atoms with E-state index in [9.17, 15) is 4.79 Å². The summed E-state index contributed by atoms with van der Waals surface area (Å²) < 4.78 is 5.25. The van der Waals surface area contributed by atoms with Gasteiger partial charge in [-0.3, -0.25) is 4.79 Å². The summed E-state index contributed by atoms with van der Waals surface area (Å²) in [6, 6.07) is 16.2. The Balaban J connectivity index is 2.24. The topological polar surface area (TPSA) is 26.3 Å². The quantitative estimate of drug-likeness (QED) is 0.602. The zero-order valence-corrected chi connectivity index (χ0v) is 12.4. The second-order valence-corrected chi connectivity index (χ2v) is 5.22. The number of ketones is 1. The van der Waals surface area contributed by atoms with E-state index in [1.807, 2.05) is 24.3 Å². The molecule has 0 N–H and O–H groups in total. The van der Waals surface area contributed by atoms with Gasteiger partial charge in [-0.25, -0.2) is 0 Å². The lowest BCUT2D eigenvalue weighted by atomic mass is 10.0. The van der Waals surface area contributed by atoms with Crippen LogP contribution in [0.1, 0.15) is 21.3 Å². The molecule has 0 fully saturated rings. The highest BCUT2D eigenvalue weighted by molar-refractivity contribution is 6.39. The molecule has 0 aromatic heterocycles. The van der Waals surface area contributed by atoms with Crippen LogP contribution in [0.3, 0.4) is 0 Å². The van der Waals surface area contributed by atoms with Gasteiger partial charge in [0.05, 0.1) is 12.5 Å². The number of halogens is 2. The molecule has 2 nitrogen and oxygen atoms in total. The molecule has 4 heteroatoms. The summed E-state index contributed by atoms with van der Waals surface area (Å²) in [7, 11) is 1.56. The van der Waals surface area contributed by atoms with Crippen LogP contribution in [0.25, 0.3) is 0 Å². The van der Waals surface area contributed by atoms with Crippen LogP contribution in [-0.4, -0.2) is 18.3 Å². The first-order chi connectivity index (χ1) is 9.65. The molecule has 0 saturated heterocycles.